The van der Waals surface area contributed by atoms with Crippen LogP contribution in [0.5, 0.6) is 5.88 Å². The summed E-state index contributed by atoms with van der Waals surface area (Å²) in [5.41, 5.74) is 0.509. The highest BCUT2D eigenvalue weighted by Crippen LogP contribution is 2.36. The minimum atomic E-state index is -1.16. The van der Waals surface area contributed by atoms with Gasteiger partial charge in [0, 0.05) is 6.20 Å². The normalized spacial score (nSPS) is 14.3. The quantitative estimate of drug-likeness (QED) is 0.150. The maximum absolute atomic E-state index is 13.0. The molecule has 0 saturated heterocycles. The van der Waals surface area contributed by atoms with E-state index in [0.717, 1.165) is 4.68 Å². The molecule has 1 aliphatic rings. The number of carbonyl (C=O) groups is 4. The highest BCUT2D eigenvalue weighted by atomic mass is 16.6. The lowest BCUT2D eigenvalue weighted by Crippen LogP contribution is -2.38. The van der Waals surface area contributed by atoms with E-state index in [0.29, 0.717) is 11.4 Å². The van der Waals surface area contributed by atoms with Crippen molar-refractivity contribution in [3.63, 3.8) is 0 Å². The van der Waals surface area contributed by atoms with Gasteiger partial charge in [0.25, 0.3) is 5.91 Å². The molecule has 0 spiro atoms. The predicted molar refractivity (Wildman–Crippen MR) is 166 cm³/mol. The molecule has 15 nitrogen and oxygen atoms in total. The fraction of sp³-hybridized carbons (Fsp3) is 0.419. The number of rotatable bonds is 9. The number of ether oxygens (including phenoxy) is 4. The number of esters is 1. The van der Waals surface area contributed by atoms with Gasteiger partial charge in [0.05, 0.1) is 53.1 Å². The number of aliphatic hydroxyl groups excluding tert-OH is 1. The van der Waals surface area contributed by atoms with Crippen molar-refractivity contribution in [2.45, 2.75) is 65.8 Å². The molecule has 0 bridgehead atoms. The van der Waals surface area contributed by atoms with Crippen LogP contribution in [-0.4, -0.2) is 86.0 Å². The van der Waals surface area contributed by atoms with Gasteiger partial charge in [-0.15, -0.1) is 5.10 Å². The fourth-order valence-corrected chi connectivity index (χ4v) is 4.17. The summed E-state index contributed by atoms with van der Waals surface area (Å²) in [6.07, 6.45) is 1.77. The van der Waals surface area contributed by atoms with Crippen molar-refractivity contribution in [2.24, 2.45) is 0 Å². The molecule has 0 aliphatic carbocycles. The van der Waals surface area contributed by atoms with Gasteiger partial charge >= 0.3 is 18.2 Å². The molecule has 46 heavy (non-hydrogen) atoms. The van der Waals surface area contributed by atoms with Crippen molar-refractivity contribution in [1.29, 1.82) is 0 Å². The number of aromatic amines is 1. The molecule has 0 saturated carbocycles. The minimum Gasteiger partial charge on any atom is -0.473 e. The third-order valence-corrected chi connectivity index (χ3v) is 6.04. The maximum atomic E-state index is 13.0. The smallest absolute Gasteiger partial charge is 0.435 e. The molecule has 1 atom stereocenters. The van der Waals surface area contributed by atoms with E-state index >= 15 is 0 Å². The van der Waals surface area contributed by atoms with E-state index in [9.17, 15) is 24.3 Å². The number of hydrogen-bond donors (Lipinski definition) is 4. The highest BCUT2D eigenvalue weighted by Gasteiger charge is 2.29. The predicted octanol–water partition coefficient (Wildman–Crippen LogP) is 3.99. The van der Waals surface area contributed by atoms with Gasteiger partial charge in [0.15, 0.2) is 0 Å². The molecular formula is C31H38N6O9. The molecule has 2 amide bonds. The first kappa shape index (κ1) is 33.7. The number of pyridine rings is 1. The molecule has 3 aromatic rings. The Kier molecular flexibility index (Phi) is 9.85. The van der Waals surface area contributed by atoms with Crippen LogP contribution in [0.4, 0.5) is 15.3 Å². The second kappa shape index (κ2) is 13.4. The summed E-state index contributed by atoms with van der Waals surface area (Å²) < 4.78 is 22.5. The van der Waals surface area contributed by atoms with E-state index in [1.165, 1.54) is 12.3 Å². The van der Waals surface area contributed by atoms with Gasteiger partial charge in [0.2, 0.25) is 5.88 Å². The van der Waals surface area contributed by atoms with Crippen LogP contribution in [0.1, 0.15) is 70.2 Å². The average Bonchev–Trinajstić information content (AvgIpc) is 3.66. The van der Waals surface area contributed by atoms with Crippen molar-refractivity contribution in [2.75, 3.05) is 25.1 Å². The molecule has 0 aromatic carbocycles. The molecule has 0 fully saturated rings. The van der Waals surface area contributed by atoms with Gasteiger partial charge in [-0.2, -0.15) is 4.68 Å². The Balaban J connectivity index is 1.64. The molecule has 4 heterocycles. The Bertz CT molecular complexity index is 1660. The first-order valence-corrected chi connectivity index (χ1v) is 14.5. The molecule has 0 radical (unpaired) electrons. The van der Waals surface area contributed by atoms with Crippen LogP contribution in [0.15, 0.2) is 30.6 Å². The second-order valence-corrected chi connectivity index (χ2v) is 12.3. The summed E-state index contributed by atoms with van der Waals surface area (Å²) in [6.45, 7) is 11.7. The summed E-state index contributed by atoms with van der Waals surface area (Å²) >= 11 is 0. The summed E-state index contributed by atoms with van der Waals surface area (Å²) in [5.74, 6) is -1.05. The zero-order chi connectivity index (χ0) is 33.8. The van der Waals surface area contributed by atoms with Crippen LogP contribution in [0.2, 0.25) is 0 Å². The lowest BCUT2D eigenvalue weighted by atomic mass is 10.1. The maximum Gasteiger partial charge on any atom is 0.435 e. The number of aromatic nitrogens is 4. The Hall–Kier alpha value is -5.18. The van der Waals surface area contributed by atoms with Crippen LogP contribution in [0.3, 0.4) is 0 Å². The number of hydrogen-bond acceptors (Lipinski definition) is 11. The van der Waals surface area contributed by atoms with E-state index in [4.69, 9.17) is 18.9 Å². The fourth-order valence-electron chi connectivity index (χ4n) is 4.17. The van der Waals surface area contributed by atoms with Gasteiger partial charge in [-0.25, -0.2) is 19.4 Å². The summed E-state index contributed by atoms with van der Waals surface area (Å²) in [7, 11) is 0. The van der Waals surface area contributed by atoms with Gasteiger partial charge in [0.1, 0.15) is 29.6 Å². The molecular weight excluding hydrogens is 600 g/mol. The first-order chi connectivity index (χ1) is 21.5. The highest BCUT2D eigenvalue weighted by molar-refractivity contribution is 6.34. The standard InChI is InChI=1S/C31H38N6O9/c1-8-43-27(40)18-11-12-32-23(18)13-19-24-22(35-25(19)39)10-9-21(34-24)20-15-37(29(42)46-31(5,6)7)36-26(20)44-16-17(38)14-33-28(41)45-30(2,3)4/h9-13,15,17,32,38H,8,14,16H2,1-7H3,(H,33,41)(H,35,39)/b19-13-/t17-/m1/s1. The van der Waals surface area contributed by atoms with Crippen LogP contribution in [-0.2, 0) is 19.0 Å². The lowest BCUT2D eigenvalue weighted by Gasteiger charge is -2.20. The number of anilines is 1. The van der Waals surface area contributed by atoms with Crippen molar-refractivity contribution in [3.8, 4) is 17.1 Å². The number of alkyl carbamates (subject to hydrolysis) is 1. The SMILES string of the molecule is CCOC(=O)c1cc[nH]c1/C=C1\C(=O)Nc2ccc(-c3cn(C(=O)OC(C)(C)C)nc3OC[C@H](O)CNC(=O)OC(C)(C)C)nc21. The Labute approximate surface area is 265 Å². The number of nitrogens with zero attached hydrogens (tertiary/aromatic N) is 3. The molecule has 4 rings (SSSR count). The van der Waals surface area contributed by atoms with Crippen LogP contribution in [0.25, 0.3) is 22.9 Å². The zero-order valence-corrected chi connectivity index (χ0v) is 26.7. The largest absolute Gasteiger partial charge is 0.473 e. The van der Waals surface area contributed by atoms with Crippen molar-refractivity contribution in [3.05, 3.63) is 47.5 Å². The van der Waals surface area contributed by atoms with Crippen LogP contribution >= 0.6 is 0 Å². The molecule has 1 aliphatic heterocycles. The molecule has 15 heteroatoms. The Morgan fingerprint density at radius 2 is 1.80 bits per heavy atom. The topological polar surface area (TPSA) is 196 Å². The van der Waals surface area contributed by atoms with E-state index < -0.39 is 41.4 Å². The molecule has 0 unspecified atom stereocenters. The number of aliphatic hydroxyl groups is 1. The number of H-pyrrole nitrogens is 1. The third kappa shape index (κ3) is 8.50. The summed E-state index contributed by atoms with van der Waals surface area (Å²) in [4.78, 5) is 57.8. The van der Waals surface area contributed by atoms with Crippen molar-refractivity contribution in [1.82, 2.24) is 25.1 Å². The monoisotopic (exact) mass is 638 g/mol. The van der Waals surface area contributed by atoms with Crippen molar-refractivity contribution < 1.29 is 43.2 Å². The number of nitrogens with one attached hydrogen (secondary N) is 3. The number of amides is 2. The number of fused-ring (bicyclic) bond motifs is 1. The average molecular weight is 639 g/mol. The zero-order valence-electron chi connectivity index (χ0n) is 26.7. The van der Waals surface area contributed by atoms with Gasteiger partial charge in [-0.05, 0) is 72.7 Å². The second-order valence-electron chi connectivity index (χ2n) is 12.3. The summed E-state index contributed by atoms with van der Waals surface area (Å²) in [5, 5.41) is 19.9. The number of carbonyl (C=O) groups excluding carboxylic acids is 4. The van der Waals surface area contributed by atoms with Crippen LogP contribution < -0.4 is 15.4 Å². The van der Waals surface area contributed by atoms with E-state index in [1.54, 1.807) is 72.9 Å². The van der Waals surface area contributed by atoms with Crippen molar-refractivity contribution >= 4 is 41.4 Å². The molecule has 246 valence electrons. The van der Waals surface area contributed by atoms with Gasteiger partial charge in [-0.3, -0.25) is 4.79 Å². The van der Waals surface area contributed by atoms with Gasteiger partial charge in [-0.1, -0.05) is 0 Å². The summed E-state index contributed by atoms with van der Waals surface area (Å²) in [6, 6.07) is 4.78. The van der Waals surface area contributed by atoms with Gasteiger partial charge < -0.3 is 39.7 Å². The van der Waals surface area contributed by atoms with Crippen LogP contribution in [0, 0.1) is 0 Å². The lowest BCUT2D eigenvalue weighted by molar-refractivity contribution is -0.110. The van der Waals surface area contributed by atoms with E-state index in [-0.39, 0.29) is 53.7 Å². The Morgan fingerprint density at radius 1 is 1.09 bits per heavy atom. The minimum absolute atomic E-state index is 0.0635. The van der Waals surface area contributed by atoms with E-state index in [1.807, 2.05) is 0 Å². The first-order valence-electron chi connectivity index (χ1n) is 14.5. The molecule has 3 aromatic heterocycles. The van der Waals surface area contributed by atoms with E-state index in [2.05, 4.69) is 25.7 Å². The Morgan fingerprint density at radius 3 is 2.48 bits per heavy atom. The third-order valence-electron chi connectivity index (χ3n) is 6.04. The molecule has 4 N–H and O–H groups in total.